The Morgan fingerprint density at radius 1 is 0.879 bits per heavy atom. The first-order valence-electron chi connectivity index (χ1n) is 11.0. The number of nitrogens with one attached hydrogen (secondary N) is 1. The number of hydrogen-bond donors (Lipinski definition) is 1. The molecule has 0 unspecified atom stereocenters. The summed E-state index contributed by atoms with van der Waals surface area (Å²) in [5.74, 6) is 0.908. The largest absolute Gasteiger partial charge is 0.355 e. The summed E-state index contributed by atoms with van der Waals surface area (Å²) in [4.78, 5) is 28.3. The quantitative estimate of drug-likeness (QED) is 0.362. The fourth-order valence-corrected chi connectivity index (χ4v) is 4.68. The maximum atomic E-state index is 13.5. The van der Waals surface area contributed by atoms with Crippen LogP contribution in [0, 0.1) is 0 Å². The molecule has 0 spiro atoms. The van der Waals surface area contributed by atoms with Gasteiger partial charge in [0.25, 0.3) is 0 Å². The van der Waals surface area contributed by atoms with Gasteiger partial charge in [0.15, 0.2) is 0 Å². The van der Waals surface area contributed by atoms with Crippen molar-refractivity contribution >= 4 is 39.5 Å². The Balaban J connectivity index is 1.81. The number of hydrogen-bond acceptors (Lipinski definition) is 3. The molecule has 172 valence electrons. The second-order valence-corrected chi connectivity index (χ2v) is 9.63. The minimum atomic E-state index is -0.583. The molecule has 0 bridgehead atoms. The van der Waals surface area contributed by atoms with Gasteiger partial charge in [-0.1, -0.05) is 88.7 Å². The monoisotopic (exact) mass is 524 g/mol. The van der Waals surface area contributed by atoms with E-state index in [0.717, 1.165) is 21.4 Å². The zero-order chi connectivity index (χ0) is 23.5. The molecule has 0 aromatic heterocycles. The second kappa shape index (κ2) is 13.2. The zero-order valence-corrected chi connectivity index (χ0v) is 21.1. The van der Waals surface area contributed by atoms with E-state index in [1.54, 1.807) is 16.7 Å². The van der Waals surface area contributed by atoms with E-state index >= 15 is 0 Å². The molecule has 0 radical (unpaired) electrons. The minimum Gasteiger partial charge on any atom is -0.355 e. The van der Waals surface area contributed by atoms with E-state index in [4.69, 9.17) is 0 Å². The molecule has 0 saturated heterocycles. The van der Waals surface area contributed by atoms with Crippen molar-refractivity contribution in [3.8, 4) is 0 Å². The molecule has 0 heterocycles. The predicted molar refractivity (Wildman–Crippen MR) is 140 cm³/mol. The van der Waals surface area contributed by atoms with Crippen LogP contribution in [-0.2, 0) is 28.3 Å². The number of amides is 2. The summed E-state index contributed by atoms with van der Waals surface area (Å²) in [5.41, 5.74) is 3.19. The molecule has 0 fully saturated rings. The molecule has 0 aliphatic heterocycles. The van der Waals surface area contributed by atoms with Crippen molar-refractivity contribution in [3.05, 3.63) is 106 Å². The van der Waals surface area contributed by atoms with Gasteiger partial charge in [0.1, 0.15) is 6.04 Å². The first kappa shape index (κ1) is 25.1. The van der Waals surface area contributed by atoms with Crippen LogP contribution in [0.25, 0.3) is 0 Å². The van der Waals surface area contributed by atoms with Gasteiger partial charge < -0.3 is 10.2 Å². The van der Waals surface area contributed by atoms with Gasteiger partial charge in [-0.2, -0.15) is 0 Å². The lowest BCUT2D eigenvalue weighted by molar-refractivity contribution is -0.139. The number of likely N-dealkylation sites (N-methyl/N-ethyl adjacent to an activating group) is 1. The maximum absolute atomic E-state index is 13.5. The normalized spacial score (nSPS) is 11.6. The summed E-state index contributed by atoms with van der Waals surface area (Å²) in [6.07, 6.45) is 0.471. The van der Waals surface area contributed by atoms with Gasteiger partial charge in [-0.05, 0) is 35.7 Å². The van der Waals surface area contributed by atoms with Crippen LogP contribution in [0.2, 0.25) is 0 Å². The Hall–Kier alpha value is -2.57. The van der Waals surface area contributed by atoms with E-state index in [0.29, 0.717) is 25.3 Å². The summed E-state index contributed by atoms with van der Waals surface area (Å²) >= 11 is 5.04. The lowest BCUT2D eigenvalue weighted by Crippen LogP contribution is -2.51. The summed E-state index contributed by atoms with van der Waals surface area (Å²) in [7, 11) is 0. The standard InChI is InChI=1S/C27H29BrN2O2S/c1-2-29-27(32)25(17-21-9-5-3-6-10-21)30(18-22-13-15-24(28)16-14-22)26(31)20-33-19-23-11-7-4-8-12-23/h3-16,25H,2,17-20H2,1H3,(H,29,32)/t25-/m1/s1. The molecular formula is C27H29BrN2O2S. The summed E-state index contributed by atoms with van der Waals surface area (Å²) in [5, 5.41) is 2.93. The molecule has 3 aromatic carbocycles. The van der Waals surface area contributed by atoms with Crippen LogP contribution >= 0.6 is 27.7 Å². The number of carbonyl (C=O) groups excluding carboxylic acids is 2. The van der Waals surface area contributed by atoms with E-state index in [2.05, 4.69) is 33.4 Å². The third-order valence-corrected chi connectivity index (χ3v) is 6.74. The van der Waals surface area contributed by atoms with Crippen LogP contribution in [0.1, 0.15) is 23.6 Å². The van der Waals surface area contributed by atoms with Crippen molar-refractivity contribution in [2.75, 3.05) is 12.3 Å². The molecule has 2 amide bonds. The van der Waals surface area contributed by atoms with Crippen LogP contribution in [0.5, 0.6) is 0 Å². The zero-order valence-electron chi connectivity index (χ0n) is 18.7. The lowest BCUT2D eigenvalue weighted by atomic mass is 10.0. The molecular weight excluding hydrogens is 496 g/mol. The molecule has 4 nitrogen and oxygen atoms in total. The number of halogens is 1. The van der Waals surface area contributed by atoms with Crippen molar-refractivity contribution in [3.63, 3.8) is 0 Å². The van der Waals surface area contributed by atoms with E-state index in [1.807, 2.05) is 79.7 Å². The Morgan fingerprint density at radius 3 is 2.09 bits per heavy atom. The fourth-order valence-electron chi connectivity index (χ4n) is 3.55. The number of carbonyl (C=O) groups is 2. The minimum absolute atomic E-state index is 0.0361. The number of benzene rings is 3. The third kappa shape index (κ3) is 8.06. The molecule has 1 atom stereocenters. The van der Waals surface area contributed by atoms with Crippen molar-refractivity contribution in [1.82, 2.24) is 10.2 Å². The van der Waals surface area contributed by atoms with Crippen LogP contribution in [-0.4, -0.2) is 35.1 Å². The second-order valence-electron chi connectivity index (χ2n) is 7.73. The fraction of sp³-hybridized carbons (Fsp3) is 0.259. The smallest absolute Gasteiger partial charge is 0.243 e. The highest BCUT2D eigenvalue weighted by Crippen LogP contribution is 2.19. The molecule has 0 saturated carbocycles. The Kier molecular flexibility index (Phi) is 10.0. The van der Waals surface area contributed by atoms with Crippen molar-refractivity contribution in [1.29, 1.82) is 0 Å². The van der Waals surface area contributed by atoms with Crippen molar-refractivity contribution in [2.45, 2.75) is 31.7 Å². The molecule has 6 heteroatoms. The van der Waals surface area contributed by atoms with Crippen LogP contribution in [0.4, 0.5) is 0 Å². The average Bonchev–Trinajstić information content (AvgIpc) is 2.84. The summed E-state index contributed by atoms with van der Waals surface area (Å²) in [6.45, 7) is 2.80. The highest BCUT2D eigenvalue weighted by Gasteiger charge is 2.30. The number of thioether (sulfide) groups is 1. The van der Waals surface area contributed by atoms with E-state index < -0.39 is 6.04 Å². The first-order valence-corrected chi connectivity index (χ1v) is 13.0. The van der Waals surface area contributed by atoms with Gasteiger partial charge in [-0.3, -0.25) is 9.59 Å². The SMILES string of the molecule is CCNC(=O)[C@@H](Cc1ccccc1)N(Cc1ccc(Br)cc1)C(=O)CSCc1ccccc1. The average molecular weight is 526 g/mol. The molecule has 3 rings (SSSR count). The molecule has 0 aliphatic carbocycles. The summed E-state index contributed by atoms with van der Waals surface area (Å²) < 4.78 is 0.979. The van der Waals surface area contributed by atoms with Gasteiger partial charge in [-0.15, -0.1) is 11.8 Å². The Labute approximate surface area is 208 Å². The van der Waals surface area contributed by atoms with Crippen LogP contribution in [0.15, 0.2) is 89.4 Å². The highest BCUT2D eigenvalue weighted by molar-refractivity contribution is 9.10. The molecule has 3 aromatic rings. The Morgan fingerprint density at radius 2 is 1.48 bits per heavy atom. The number of nitrogens with zero attached hydrogens (tertiary/aromatic N) is 1. The van der Waals surface area contributed by atoms with Gasteiger partial charge in [-0.25, -0.2) is 0 Å². The summed E-state index contributed by atoms with van der Waals surface area (Å²) in [6, 6.07) is 27.3. The highest BCUT2D eigenvalue weighted by atomic mass is 79.9. The Bertz CT molecular complexity index is 1010. The van der Waals surface area contributed by atoms with Crippen LogP contribution < -0.4 is 5.32 Å². The molecule has 1 N–H and O–H groups in total. The van der Waals surface area contributed by atoms with Gasteiger partial charge in [0, 0.05) is 29.7 Å². The third-order valence-electron chi connectivity index (χ3n) is 5.23. The van der Waals surface area contributed by atoms with Crippen LogP contribution in [0.3, 0.4) is 0 Å². The predicted octanol–water partition coefficient (Wildman–Crippen LogP) is 5.46. The van der Waals surface area contributed by atoms with Crippen molar-refractivity contribution in [2.24, 2.45) is 0 Å². The van der Waals surface area contributed by atoms with Gasteiger partial charge in [0.05, 0.1) is 5.75 Å². The van der Waals surface area contributed by atoms with Gasteiger partial charge in [0.2, 0.25) is 11.8 Å². The van der Waals surface area contributed by atoms with Gasteiger partial charge >= 0.3 is 0 Å². The van der Waals surface area contributed by atoms with Crippen molar-refractivity contribution < 1.29 is 9.59 Å². The molecule has 0 aliphatic rings. The lowest BCUT2D eigenvalue weighted by Gasteiger charge is -2.31. The number of rotatable bonds is 11. The van der Waals surface area contributed by atoms with E-state index in [9.17, 15) is 9.59 Å². The van der Waals surface area contributed by atoms with E-state index in [1.165, 1.54) is 5.56 Å². The topological polar surface area (TPSA) is 49.4 Å². The first-order chi connectivity index (χ1) is 16.1. The molecule has 33 heavy (non-hydrogen) atoms. The maximum Gasteiger partial charge on any atom is 0.243 e. The van der Waals surface area contributed by atoms with E-state index in [-0.39, 0.29) is 11.8 Å².